The monoisotopic (exact) mass is 523 g/mol. The lowest BCUT2D eigenvalue weighted by molar-refractivity contribution is -0.137. The number of alkyl halides is 3. The van der Waals surface area contributed by atoms with Gasteiger partial charge >= 0.3 is 6.18 Å². The van der Waals surface area contributed by atoms with Gasteiger partial charge in [0, 0.05) is 30.8 Å². The second-order valence-electron chi connectivity index (χ2n) is 8.63. The zero-order valence-corrected chi connectivity index (χ0v) is 19.8. The van der Waals surface area contributed by atoms with Crippen LogP contribution in [-0.2, 0) is 11.0 Å². The van der Waals surface area contributed by atoms with Gasteiger partial charge in [-0.2, -0.15) is 13.2 Å². The number of hydrogen-bond acceptors (Lipinski definition) is 5. The maximum Gasteiger partial charge on any atom is 0.418 e. The molecule has 2 heterocycles. The zero-order chi connectivity index (χ0) is 26.1. The maximum atomic E-state index is 13.4. The Labute approximate surface area is 209 Å². The number of nitrogens with zero attached hydrogens (tertiary/aromatic N) is 2. The van der Waals surface area contributed by atoms with E-state index in [2.05, 4.69) is 20.9 Å². The molecule has 3 N–H and O–H groups in total. The van der Waals surface area contributed by atoms with E-state index in [1.54, 1.807) is 24.1 Å². The van der Waals surface area contributed by atoms with Crippen molar-refractivity contribution in [3.05, 3.63) is 82.2 Å². The van der Waals surface area contributed by atoms with Crippen LogP contribution in [0, 0.1) is 5.82 Å². The lowest BCUT2D eigenvalue weighted by Crippen LogP contribution is -2.50. The van der Waals surface area contributed by atoms with Crippen LogP contribution in [0.25, 0.3) is 0 Å². The smallest absolute Gasteiger partial charge is 0.371 e. The summed E-state index contributed by atoms with van der Waals surface area (Å²) in [4.78, 5) is 30.9. The molecule has 2 amide bonds. The molecule has 2 aliphatic rings. The van der Waals surface area contributed by atoms with Gasteiger partial charge < -0.3 is 20.9 Å². The van der Waals surface area contributed by atoms with Crippen LogP contribution in [0.4, 0.5) is 23.2 Å². The molecule has 36 heavy (non-hydrogen) atoms. The number of aromatic nitrogens is 1. The van der Waals surface area contributed by atoms with Crippen molar-refractivity contribution >= 4 is 29.1 Å². The Hall–Kier alpha value is -3.60. The third-order valence-electron chi connectivity index (χ3n) is 5.89. The Morgan fingerprint density at radius 1 is 1.17 bits per heavy atom. The van der Waals surface area contributed by atoms with Gasteiger partial charge in [-0.15, -0.1) is 0 Å². The van der Waals surface area contributed by atoms with Gasteiger partial charge in [0.25, 0.3) is 5.91 Å². The third-order valence-corrected chi connectivity index (χ3v) is 6.10. The van der Waals surface area contributed by atoms with Crippen molar-refractivity contribution in [2.45, 2.75) is 24.6 Å². The number of allylic oxidation sites excluding steroid dienone is 2. The number of anilines is 1. The van der Waals surface area contributed by atoms with E-state index in [1.807, 2.05) is 0 Å². The first-order valence-electron chi connectivity index (χ1n) is 10.9. The summed E-state index contributed by atoms with van der Waals surface area (Å²) >= 11 is 5.87. The maximum absolute atomic E-state index is 13.4. The lowest BCUT2D eigenvalue weighted by atomic mass is 10.1. The quantitative estimate of drug-likeness (QED) is 0.476. The number of rotatable bonds is 7. The highest BCUT2D eigenvalue weighted by atomic mass is 35.5. The number of carbonyl (C=O) groups is 2. The summed E-state index contributed by atoms with van der Waals surface area (Å²) in [6, 6.07) is 3.90. The molecule has 1 saturated carbocycles. The molecule has 0 radical (unpaired) electrons. The van der Waals surface area contributed by atoms with Crippen molar-refractivity contribution in [3.8, 4) is 0 Å². The van der Waals surface area contributed by atoms with E-state index < -0.39 is 29.0 Å². The van der Waals surface area contributed by atoms with E-state index in [9.17, 15) is 27.2 Å². The lowest BCUT2D eigenvalue weighted by Gasteiger charge is -2.29. The van der Waals surface area contributed by atoms with Crippen molar-refractivity contribution in [1.82, 2.24) is 20.5 Å². The predicted octanol–water partition coefficient (Wildman–Crippen LogP) is 4.10. The van der Waals surface area contributed by atoms with Gasteiger partial charge in [0.1, 0.15) is 11.4 Å². The van der Waals surface area contributed by atoms with Gasteiger partial charge in [-0.25, -0.2) is 4.39 Å². The first-order valence-corrected chi connectivity index (χ1v) is 11.3. The number of nitrogens with one attached hydrogen (secondary N) is 3. The summed E-state index contributed by atoms with van der Waals surface area (Å²) in [6.07, 6.45) is 2.29. The van der Waals surface area contributed by atoms with Crippen molar-refractivity contribution < 1.29 is 27.2 Å². The molecule has 12 heteroatoms. The number of pyridine rings is 1. The minimum Gasteiger partial charge on any atom is -0.371 e. The van der Waals surface area contributed by atoms with Crippen LogP contribution in [0.15, 0.2) is 60.2 Å². The minimum absolute atomic E-state index is 0.153. The number of likely N-dealkylation sites (N-methyl/N-ethyl adjacent to an activating group) is 1. The molecule has 0 bridgehead atoms. The van der Waals surface area contributed by atoms with Crippen LogP contribution in [0.2, 0.25) is 5.02 Å². The van der Waals surface area contributed by atoms with E-state index in [0.29, 0.717) is 35.3 Å². The topological polar surface area (TPSA) is 86.4 Å². The first-order chi connectivity index (χ1) is 17.0. The van der Waals surface area contributed by atoms with Crippen molar-refractivity contribution in [3.63, 3.8) is 0 Å². The molecule has 0 saturated heterocycles. The molecule has 1 aliphatic carbocycles. The molecular weight excluding hydrogens is 502 g/mol. The molecule has 0 atom stereocenters. The Balaban J connectivity index is 1.38. The number of carbonyl (C=O) groups excluding carboxylic acids is 2. The zero-order valence-electron chi connectivity index (χ0n) is 19.0. The van der Waals surface area contributed by atoms with Crippen LogP contribution in [-0.4, -0.2) is 47.4 Å². The number of benzene rings is 1. The molecule has 1 aromatic heterocycles. The average molecular weight is 524 g/mol. The van der Waals surface area contributed by atoms with Gasteiger partial charge in [-0.3, -0.25) is 14.6 Å². The molecular formula is C24H22ClF4N5O2. The van der Waals surface area contributed by atoms with E-state index in [-0.39, 0.29) is 30.2 Å². The normalized spacial score (nSPS) is 16.6. The molecule has 1 aromatic carbocycles. The molecule has 4 rings (SSSR count). The van der Waals surface area contributed by atoms with Crippen LogP contribution in [0.3, 0.4) is 0 Å². The molecule has 0 unspecified atom stereocenters. The van der Waals surface area contributed by atoms with Crippen LogP contribution in [0.1, 0.15) is 28.8 Å². The largest absolute Gasteiger partial charge is 0.418 e. The van der Waals surface area contributed by atoms with Gasteiger partial charge in [0.2, 0.25) is 5.91 Å². The fraction of sp³-hybridized carbons (Fsp3) is 0.292. The van der Waals surface area contributed by atoms with Crippen LogP contribution in [0.5, 0.6) is 0 Å². The van der Waals surface area contributed by atoms with Gasteiger partial charge in [-0.1, -0.05) is 11.6 Å². The highest BCUT2D eigenvalue weighted by Crippen LogP contribution is 2.37. The summed E-state index contributed by atoms with van der Waals surface area (Å²) in [5, 5.41) is 8.57. The van der Waals surface area contributed by atoms with E-state index >= 15 is 0 Å². The second kappa shape index (κ2) is 9.81. The van der Waals surface area contributed by atoms with Crippen LogP contribution < -0.4 is 16.0 Å². The highest BCUT2D eigenvalue weighted by Gasteiger charge is 2.51. The summed E-state index contributed by atoms with van der Waals surface area (Å²) in [7, 11) is 1.73. The number of halogens is 5. The second-order valence-corrected chi connectivity index (χ2v) is 9.07. The molecule has 7 nitrogen and oxygen atoms in total. The Morgan fingerprint density at radius 3 is 2.56 bits per heavy atom. The summed E-state index contributed by atoms with van der Waals surface area (Å²) in [5.74, 6) is -1.77. The average Bonchev–Trinajstić information content (AvgIpc) is 3.59. The SMILES string of the molecule is CN1CC(Nc2ccc(F)cc2C(F)(F)F)=CC=C1CNC(=O)C1(NC(=O)c2cncc(Cl)c2)CC1. The van der Waals surface area contributed by atoms with Crippen molar-refractivity contribution in [1.29, 1.82) is 0 Å². The molecule has 190 valence electrons. The fourth-order valence-electron chi connectivity index (χ4n) is 3.74. The van der Waals surface area contributed by atoms with E-state index in [1.165, 1.54) is 18.5 Å². The third kappa shape index (κ3) is 5.78. The Morgan fingerprint density at radius 2 is 1.92 bits per heavy atom. The van der Waals surface area contributed by atoms with E-state index in [4.69, 9.17) is 11.6 Å². The number of hydrogen-bond donors (Lipinski definition) is 3. The summed E-state index contributed by atoms with van der Waals surface area (Å²) in [5.41, 5.74) is -0.938. The van der Waals surface area contributed by atoms with Gasteiger partial charge in [0.15, 0.2) is 0 Å². The standard InChI is InChI=1S/C24H22ClF4N5O2/c1-34-13-17(32-20-5-2-16(26)9-19(20)24(27,28)29)3-4-18(34)12-31-22(36)23(6-7-23)33-21(35)14-8-15(25)11-30-10-14/h2-5,8-11,32H,6-7,12-13H2,1H3,(H,31,36)(H,33,35). The fourth-order valence-corrected chi connectivity index (χ4v) is 3.92. The highest BCUT2D eigenvalue weighted by molar-refractivity contribution is 6.30. The Kier molecular flexibility index (Phi) is 6.94. The molecule has 1 fully saturated rings. The van der Waals surface area contributed by atoms with Crippen molar-refractivity contribution in [2.75, 3.05) is 25.5 Å². The first kappa shape index (κ1) is 25.5. The summed E-state index contributed by atoms with van der Waals surface area (Å²) in [6.45, 7) is 0.389. The number of amides is 2. The predicted molar refractivity (Wildman–Crippen MR) is 126 cm³/mol. The van der Waals surface area contributed by atoms with Crippen molar-refractivity contribution in [2.24, 2.45) is 0 Å². The van der Waals surface area contributed by atoms with Crippen LogP contribution >= 0.6 is 11.6 Å². The summed E-state index contributed by atoms with van der Waals surface area (Å²) < 4.78 is 53.2. The van der Waals surface area contributed by atoms with Gasteiger partial charge in [0.05, 0.1) is 34.9 Å². The molecule has 0 spiro atoms. The Bertz CT molecular complexity index is 1260. The van der Waals surface area contributed by atoms with E-state index in [0.717, 1.165) is 12.1 Å². The van der Waals surface area contributed by atoms with Gasteiger partial charge in [-0.05, 0) is 49.3 Å². The molecule has 1 aliphatic heterocycles. The minimum atomic E-state index is -4.71. The molecule has 2 aromatic rings.